The van der Waals surface area contributed by atoms with Gasteiger partial charge in [-0.2, -0.15) is 0 Å². The fourth-order valence-electron chi connectivity index (χ4n) is 3.60. The lowest BCUT2D eigenvalue weighted by atomic mass is 10.1. The van der Waals surface area contributed by atoms with Crippen LogP contribution in [-0.4, -0.2) is 46.0 Å². The highest BCUT2D eigenvalue weighted by atomic mass is 19.1. The van der Waals surface area contributed by atoms with Gasteiger partial charge in [0.05, 0.1) is 12.5 Å². The summed E-state index contributed by atoms with van der Waals surface area (Å²) < 4.78 is 18.7. The number of piperidine rings is 1. The van der Waals surface area contributed by atoms with Crippen molar-refractivity contribution in [1.82, 2.24) is 15.2 Å². The summed E-state index contributed by atoms with van der Waals surface area (Å²) in [5.74, 6) is -0.422. The number of hydrogen-bond donors (Lipinski definition) is 2. The van der Waals surface area contributed by atoms with Crippen molar-refractivity contribution in [1.29, 1.82) is 0 Å². The van der Waals surface area contributed by atoms with Gasteiger partial charge in [0.25, 0.3) is 5.91 Å². The standard InChI is InChI=1S/C24H24FN3O4/c25-19-3-1-2-17(12-19)13-22(30)26-14-16-4-6-18(7-5-16)23-27-21(15-32-23)24(31)28-10-8-20(29)9-11-28/h1-7,12,15,20,29H,8-11,13-14H2,(H,26,30). The second-order valence-corrected chi connectivity index (χ2v) is 7.84. The van der Waals surface area contributed by atoms with Crippen LogP contribution in [0.5, 0.6) is 0 Å². The molecule has 0 atom stereocenters. The summed E-state index contributed by atoms with van der Waals surface area (Å²) in [5.41, 5.74) is 2.46. The molecule has 4 rings (SSSR count). The van der Waals surface area contributed by atoms with Gasteiger partial charge in [-0.25, -0.2) is 9.37 Å². The molecule has 0 bridgehead atoms. The molecular weight excluding hydrogens is 413 g/mol. The zero-order chi connectivity index (χ0) is 22.5. The van der Waals surface area contributed by atoms with E-state index in [1.165, 1.54) is 18.4 Å². The van der Waals surface area contributed by atoms with Crippen LogP contribution in [0.25, 0.3) is 11.5 Å². The highest BCUT2D eigenvalue weighted by molar-refractivity contribution is 5.92. The third-order valence-electron chi connectivity index (χ3n) is 5.42. The van der Waals surface area contributed by atoms with Crippen LogP contribution in [0, 0.1) is 5.82 Å². The molecule has 0 unspecified atom stereocenters. The first-order valence-electron chi connectivity index (χ1n) is 10.5. The third-order valence-corrected chi connectivity index (χ3v) is 5.42. The molecule has 166 valence electrons. The molecule has 32 heavy (non-hydrogen) atoms. The van der Waals surface area contributed by atoms with Crippen molar-refractivity contribution < 1.29 is 23.5 Å². The summed E-state index contributed by atoms with van der Waals surface area (Å²) in [6.45, 7) is 1.34. The quantitative estimate of drug-likeness (QED) is 0.618. The molecule has 0 saturated carbocycles. The molecule has 1 fully saturated rings. The number of hydrogen-bond acceptors (Lipinski definition) is 5. The summed E-state index contributed by atoms with van der Waals surface area (Å²) in [7, 11) is 0. The molecule has 0 spiro atoms. The van der Waals surface area contributed by atoms with E-state index in [4.69, 9.17) is 4.42 Å². The summed E-state index contributed by atoms with van der Waals surface area (Å²) in [4.78, 5) is 30.6. The summed E-state index contributed by atoms with van der Waals surface area (Å²) in [6.07, 6.45) is 2.24. The van der Waals surface area contributed by atoms with Gasteiger partial charge >= 0.3 is 0 Å². The van der Waals surface area contributed by atoms with Crippen molar-refractivity contribution in [2.24, 2.45) is 0 Å². The normalized spacial score (nSPS) is 14.4. The van der Waals surface area contributed by atoms with Gasteiger partial charge in [0.1, 0.15) is 12.1 Å². The number of oxazole rings is 1. The minimum absolute atomic E-state index is 0.110. The molecule has 7 nitrogen and oxygen atoms in total. The van der Waals surface area contributed by atoms with Crippen LogP contribution in [0.2, 0.25) is 0 Å². The van der Waals surface area contributed by atoms with E-state index in [0.29, 0.717) is 49.5 Å². The highest BCUT2D eigenvalue weighted by Crippen LogP contribution is 2.21. The molecule has 1 saturated heterocycles. The zero-order valence-electron chi connectivity index (χ0n) is 17.5. The maximum atomic E-state index is 13.2. The van der Waals surface area contributed by atoms with E-state index < -0.39 is 0 Å². The minimum Gasteiger partial charge on any atom is -0.444 e. The van der Waals surface area contributed by atoms with Crippen molar-refractivity contribution >= 4 is 11.8 Å². The Hall–Kier alpha value is -3.52. The van der Waals surface area contributed by atoms with Gasteiger partial charge in [-0.1, -0.05) is 24.3 Å². The molecule has 2 heterocycles. The Kier molecular flexibility index (Phi) is 6.61. The predicted octanol–water partition coefficient (Wildman–Crippen LogP) is 2.94. The maximum Gasteiger partial charge on any atom is 0.275 e. The van der Waals surface area contributed by atoms with Crippen LogP contribution in [0.1, 0.15) is 34.5 Å². The van der Waals surface area contributed by atoms with Gasteiger partial charge < -0.3 is 19.7 Å². The van der Waals surface area contributed by atoms with Crippen molar-refractivity contribution in [3.63, 3.8) is 0 Å². The molecule has 1 aliphatic rings. The van der Waals surface area contributed by atoms with E-state index in [1.54, 1.807) is 17.0 Å². The number of carbonyl (C=O) groups excluding carboxylic acids is 2. The molecule has 0 aliphatic carbocycles. The van der Waals surface area contributed by atoms with Crippen LogP contribution in [0.15, 0.2) is 59.2 Å². The topological polar surface area (TPSA) is 95.7 Å². The van der Waals surface area contributed by atoms with E-state index in [0.717, 1.165) is 5.56 Å². The number of aliphatic hydroxyl groups excluding tert-OH is 1. The Morgan fingerprint density at radius 2 is 1.88 bits per heavy atom. The Morgan fingerprint density at radius 3 is 2.59 bits per heavy atom. The van der Waals surface area contributed by atoms with Crippen molar-refractivity contribution in [2.75, 3.05) is 13.1 Å². The SMILES string of the molecule is O=C(Cc1cccc(F)c1)NCc1ccc(-c2nc(C(=O)N3CCC(O)CC3)co2)cc1. The van der Waals surface area contributed by atoms with E-state index in [2.05, 4.69) is 10.3 Å². The molecule has 0 radical (unpaired) electrons. The van der Waals surface area contributed by atoms with Gasteiger partial charge in [-0.05, 0) is 48.2 Å². The molecule has 1 aliphatic heterocycles. The number of nitrogens with zero attached hydrogens (tertiary/aromatic N) is 2. The van der Waals surface area contributed by atoms with Crippen molar-refractivity contribution in [2.45, 2.75) is 31.9 Å². The summed E-state index contributed by atoms with van der Waals surface area (Å²) in [5, 5.41) is 12.4. The number of likely N-dealkylation sites (tertiary alicyclic amines) is 1. The first-order valence-corrected chi connectivity index (χ1v) is 10.5. The Balaban J connectivity index is 1.32. The number of aliphatic hydroxyl groups is 1. The Bertz CT molecular complexity index is 1090. The number of carbonyl (C=O) groups is 2. The number of rotatable bonds is 6. The molecule has 3 aromatic rings. The molecule has 1 aromatic heterocycles. The maximum absolute atomic E-state index is 13.2. The molecule has 2 aromatic carbocycles. The lowest BCUT2D eigenvalue weighted by Gasteiger charge is -2.28. The van der Waals surface area contributed by atoms with Crippen molar-refractivity contribution in [3.05, 3.63) is 77.4 Å². The number of benzene rings is 2. The van der Waals surface area contributed by atoms with E-state index in [9.17, 15) is 19.1 Å². The molecule has 2 amide bonds. The van der Waals surface area contributed by atoms with E-state index in [-0.39, 0.29) is 35.9 Å². The van der Waals surface area contributed by atoms with Gasteiger partial charge in [0, 0.05) is 25.2 Å². The van der Waals surface area contributed by atoms with E-state index >= 15 is 0 Å². The second-order valence-electron chi connectivity index (χ2n) is 7.84. The number of nitrogens with one attached hydrogen (secondary N) is 1. The van der Waals surface area contributed by atoms with Crippen LogP contribution in [0.3, 0.4) is 0 Å². The average Bonchev–Trinajstić information content (AvgIpc) is 3.28. The molecule has 8 heteroatoms. The Labute approximate surface area is 184 Å². The molecule has 2 N–H and O–H groups in total. The predicted molar refractivity (Wildman–Crippen MR) is 115 cm³/mol. The minimum atomic E-state index is -0.364. The first-order chi connectivity index (χ1) is 15.5. The van der Waals surface area contributed by atoms with Gasteiger partial charge in [-0.15, -0.1) is 0 Å². The van der Waals surface area contributed by atoms with Gasteiger partial charge in [0.15, 0.2) is 5.69 Å². The van der Waals surface area contributed by atoms with Crippen LogP contribution in [-0.2, 0) is 17.8 Å². The highest BCUT2D eigenvalue weighted by Gasteiger charge is 2.24. The monoisotopic (exact) mass is 437 g/mol. The largest absolute Gasteiger partial charge is 0.444 e. The van der Waals surface area contributed by atoms with Crippen LogP contribution in [0.4, 0.5) is 4.39 Å². The summed E-state index contributed by atoms with van der Waals surface area (Å²) in [6, 6.07) is 13.3. The average molecular weight is 437 g/mol. The first kappa shape index (κ1) is 21.7. The smallest absolute Gasteiger partial charge is 0.275 e. The van der Waals surface area contributed by atoms with Crippen molar-refractivity contribution in [3.8, 4) is 11.5 Å². The second kappa shape index (κ2) is 9.74. The van der Waals surface area contributed by atoms with Crippen LogP contribution >= 0.6 is 0 Å². The zero-order valence-corrected chi connectivity index (χ0v) is 17.5. The lowest BCUT2D eigenvalue weighted by molar-refractivity contribution is -0.120. The number of aromatic nitrogens is 1. The van der Waals surface area contributed by atoms with Crippen LogP contribution < -0.4 is 5.32 Å². The Morgan fingerprint density at radius 1 is 1.12 bits per heavy atom. The summed E-state index contributed by atoms with van der Waals surface area (Å²) >= 11 is 0. The third kappa shape index (κ3) is 5.39. The van der Waals surface area contributed by atoms with E-state index in [1.807, 2.05) is 24.3 Å². The fourth-order valence-corrected chi connectivity index (χ4v) is 3.60. The molecular formula is C24H24FN3O4. The fraction of sp³-hybridized carbons (Fsp3) is 0.292. The van der Waals surface area contributed by atoms with Gasteiger partial charge in [-0.3, -0.25) is 9.59 Å². The lowest BCUT2D eigenvalue weighted by Crippen LogP contribution is -2.40. The number of halogens is 1. The van der Waals surface area contributed by atoms with Gasteiger partial charge in [0.2, 0.25) is 11.8 Å². The number of amides is 2.